The van der Waals surface area contributed by atoms with Gasteiger partial charge in [-0.3, -0.25) is 4.79 Å². The largest absolute Gasteiger partial charge is 0.353 e. The summed E-state index contributed by atoms with van der Waals surface area (Å²) in [4.78, 5) is 11.3. The molecule has 3 nitrogen and oxygen atoms in total. The lowest BCUT2D eigenvalue weighted by atomic mass is 9.99. The Morgan fingerprint density at radius 3 is 2.26 bits per heavy atom. The molecule has 0 radical (unpaired) electrons. The number of nitrogens with two attached hydrogens (primary N) is 1. The number of hydrogen-bond donors (Lipinski definition) is 2. The highest BCUT2D eigenvalue weighted by molar-refractivity contribution is 7.99. The molecule has 1 amide bonds. The predicted octanol–water partition coefficient (Wildman–Crippen LogP) is 2.71. The van der Waals surface area contributed by atoms with Gasteiger partial charge in [-0.1, -0.05) is 38.1 Å². The van der Waals surface area contributed by atoms with Gasteiger partial charge in [0.1, 0.15) is 0 Å². The van der Waals surface area contributed by atoms with Crippen molar-refractivity contribution in [1.29, 1.82) is 0 Å². The highest BCUT2D eigenvalue weighted by Crippen LogP contribution is 2.17. The molecule has 1 unspecified atom stereocenters. The summed E-state index contributed by atoms with van der Waals surface area (Å²) in [5, 5.41) is 2.83. The second-order valence-electron chi connectivity index (χ2n) is 4.66. The first kappa shape index (κ1) is 18.3. The van der Waals surface area contributed by atoms with Gasteiger partial charge in [0.05, 0.1) is 5.75 Å². The first-order chi connectivity index (χ1) is 8.54. The van der Waals surface area contributed by atoms with Gasteiger partial charge in [-0.15, -0.1) is 12.4 Å². The topological polar surface area (TPSA) is 55.1 Å². The van der Waals surface area contributed by atoms with Crippen molar-refractivity contribution in [2.45, 2.75) is 25.8 Å². The van der Waals surface area contributed by atoms with E-state index >= 15 is 0 Å². The zero-order chi connectivity index (χ0) is 13.5. The van der Waals surface area contributed by atoms with Crippen LogP contribution in [-0.4, -0.2) is 24.5 Å². The lowest BCUT2D eigenvalue weighted by Crippen LogP contribution is -2.32. The van der Waals surface area contributed by atoms with Crippen molar-refractivity contribution < 1.29 is 4.79 Å². The van der Waals surface area contributed by atoms with Crippen LogP contribution in [-0.2, 0) is 4.79 Å². The van der Waals surface area contributed by atoms with Crippen LogP contribution >= 0.6 is 24.2 Å². The van der Waals surface area contributed by atoms with Crippen LogP contribution in [0.3, 0.4) is 0 Å². The molecule has 0 aliphatic heterocycles. The zero-order valence-electron chi connectivity index (χ0n) is 11.7. The minimum Gasteiger partial charge on any atom is -0.353 e. The Bertz CT molecular complexity index is 382. The molecule has 0 bridgehead atoms. The fraction of sp³-hybridized carbons (Fsp3) is 0.500. The molecule has 0 heterocycles. The number of halogens is 1. The Labute approximate surface area is 126 Å². The zero-order valence-corrected chi connectivity index (χ0v) is 13.3. The Hall–Kier alpha value is -0.710. The third-order valence-electron chi connectivity index (χ3n) is 2.83. The maximum Gasteiger partial charge on any atom is 0.230 e. The molecule has 0 aliphatic rings. The molecule has 1 aromatic carbocycles. The lowest BCUT2D eigenvalue weighted by molar-refractivity contribution is -0.118. The smallest absolute Gasteiger partial charge is 0.230 e. The molecular weight excluding hydrogens is 280 g/mol. The number of hydrogen-bond acceptors (Lipinski definition) is 3. The standard InChI is InChI=1S/C14H22N2OS.ClH/c1-10(2)11-4-6-12(7-5-11)13(15)8-16-14(17)9-18-3;/h4-7,10,13H,8-9,15H2,1-3H3,(H,16,17);1H. The quantitative estimate of drug-likeness (QED) is 0.849. The molecule has 3 N–H and O–H groups in total. The van der Waals surface area contributed by atoms with Gasteiger partial charge in [0.15, 0.2) is 0 Å². The molecule has 0 spiro atoms. The number of thioether (sulfide) groups is 1. The van der Waals surface area contributed by atoms with E-state index in [2.05, 4.69) is 31.3 Å². The number of rotatable bonds is 6. The molecule has 0 fully saturated rings. The second-order valence-corrected chi connectivity index (χ2v) is 5.53. The summed E-state index contributed by atoms with van der Waals surface area (Å²) < 4.78 is 0. The van der Waals surface area contributed by atoms with Gasteiger partial charge in [-0.05, 0) is 23.3 Å². The number of nitrogens with one attached hydrogen (secondary N) is 1. The van der Waals surface area contributed by atoms with Crippen LogP contribution in [0.1, 0.15) is 36.9 Å². The van der Waals surface area contributed by atoms with E-state index in [4.69, 9.17) is 5.73 Å². The molecule has 0 saturated heterocycles. The van der Waals surface area contributed by atoms with E-state index in [0.717, 1.165) is 5.56 Å². The van der Waals surface area contributed by atoms with E-state index in [1.807, 2.05) is 18.4 Å². The summed E-state index contributed by atoms with van der Waals surface area (Å²) in [7, 11) is 0. The van der Waals surface area contributed by atoms with Crippen LogP contribution in [0.25, 0.3) is 0 Å². The van der Waals surface area contributed by atoms with E-state index in [0.29, 0.717) is 18.2 Å². The molecule has 108 valence electrons. The highest BCUT2D eigenvalue weighted by atomic mass is 35.5. The summed E-state index contributed by atoms with van der Waals surface area (Å²) in [5.74, 6) is 1.05. The van der Waals surface area contributed by atoms with Crippen LogP contribution in [0, 0.1) is 0 Å². The average Bonchev–Trinajstić information content (AvgIpc) is 2.36. The number of carbonyl (C=O) groups excluding carboxylic acids is 1. The van der Waals surface area contributed by atoms with Gasteiger partial charge in [-0.25, -0.2) is 0 Å². The summed E-state index contributed by atoms with van der Waals surface area (Å²) in [6, 6.07) is 8.14. The molecule has 19 heavy (non-hydrogen) atoms. The third-order valence-corrected chi connectivity index (χ3v) is 3.38. The van der Waals surface area contributed by atoms with Gasteiger partial charge in [-0.2, -0.15) is 11.8 Å². The Morgan fingerprint density at radius 2 is 1.79 bits per heavy atom. The summed E-state index contributed by atoms with van der Waals surface area (Å²) in [6.45, 7) is 4.82. The molecule has 1 atom stereocenters. The van der Waals surface area contributed by atoms with Gasteiger partial charge < -0.3 is 11.1 Å². The van der Waals surface area contributed by atoms with E-state index in [9.17, 15) is 4.79 Å². The minimum absolute atomic E-state index is 0. The van der Waals surface area contributed by atoms with E-state index in [1.54, 1.807) is 0 Å². The van der Waals surface area contributed by atoms with Gasteiger partial charge in [0.25, 0.3) is 0 Å². The van der Waals surface area contributed by atoms with Crippen molar-refractivity contribution in [3.8, 4) is 0 Å². The van der Waals surface area contributed by atoms with E-state index in [-0.39, 0.29) is 24.4 Å². The van der Waals surface area contributed by atoms with Gasteiger partial charge in [0.2, 0.25) is 5.91 Å². The number of carbonyl (C=O) groups is 1. The van der Waals surface area contributed by atoms with Crippen molar-refractivity contribution in [1.82, 2.24) is 5.32 Å². The third kappa shape index (κ3) is 6.32. The minimum atomic E-state index is -0.142. The van der Waals surface area contributed by atoms with Gasteiger partial charge >= 0.3 is 0 Å². The first-order valence-electron chi connectivity index (χ1n) is 6.15. The normalized spacial score (nSPS) is 11.8. The van der Waals surface area contributed by atoms with Crippen molar-refractivity contribution in [2.24, 2.45) is 5.73 Å². The monoisotopic (exact) mass is 302 g/mol. The fourth-order valence-corrected chi connectivity index (χ4v) is 2.02. The van der Waals surface area contributed by atoms with Crippen LogP contribution in [0.5, 0.6) is 0 Å². The lowest BCUT2D eigenvalue weighted by Gasteiger charge is -2.14. The summed E-state index contributed by atoms with van der Waals surface area (Å²) in [5.41, 5.74) is 8.41. The van der Waals surface area contributed by atoms with Crippen LogP contribution in [0.15, 0.2) is 24.3 Å². The Morgan fingerprint density at radius 1 is 1.26 bits per heavy atom. The van der Waals surface area contributed by atoms with Crippen molar-refractivity contribution in [2.75, 3.05) is 18.6 Å². The molecule has 5 heteroatoms. The van der Waals surface area contributed by atoms with Crippen LogP contribution < -0.4 is 11.1 Å². The maximum atomic E-state index is 11.3. The Kier molecular flexibility index (Phi) is 8.89. The van der Waals surface area contributed by atoms with E-state index < -0.39 is 0 Å². The second kappa shape index (κ2) is 9.23. The summed E-state index contributed by atoms with van der Waals surface area (Å²) >= 11 is 1.51. The predicted molar refractivity (Wildman–Crippen MR) is 86.1 cm³/mol. The van der Waals surface area contributed by atoms with Crippen molar-refractivity contribution in [3.05, 3.63) is 35.4 Å². The molecule has 1 aromatic rings. The van der Waals surface area contributed by atoms with Crippen LogP contribution in [0.2, 0.25) is 0 Å². The van der Waals surface area contributed by atoms with Crippen molar-refractivity contribution >= 4 is 30.1 Å². The summed E-state index contributed by atoms with van der Waals surface area (Å²) in [6.07, 6.45) is 1.91. The van der Waals surface area contributed by atoms with Crippen LogP contribution in [0.4, 0.5) is 0 Å². The Balaban J connectivity index is 0.00000324. The number of benzene rings is 1. The first-order valence-corrected chi connectivity index (χ1v) is 7.55. The average molecular weight is 303 g/mol. The molecular formula is C14H23ClN2OS. The maximum absolute atomic E-state index is 11.3. The van der Waals surface area contributed by atoms with Gasteiger partial charge in [0, 0.05) is 12.6 Å². The fourth-order valence-electron chi connectivity index (χ4n) is 1.65. The SMILES string of the molecule is CSCC(=O)NCC(N)c1ccc(C(C)C)cc1.Cl. The van der Waals surface area contributed by atoms with Crippen molar-refractivity contribution in [3.63, 3.8) is 0 Å². The molecule has 0 saturated carbocycles. The molecule has 0 aliphatic carbocycles. The van der Waals surface area contributed by atoms with E-state index in [1.165, 1.54) is 17.3 Å². The molecule has 1 rings (SSSR count). The molecule has 0 aromatic heterocycles. The highest BCUT2D eigenvalue weighted by Gasteiger charge is 2.08. The number of amides is 1.